The number of para-hydroxylation sites is 1. The van der Waals surface area contributed by atoms with Crippen LogP contribution in [0.3, 0.4) is 0 Å². The number of aryl methyl sites for hydroxylation is 1. The Labute approximate surface area is 179 Å². The van der Waals surface area contributed by atoms with Crippen molar-refractivity contribution in [3.63, 3.8) is 0 Å². The zero-order chi connectivity index (χ0) is 21.6. The fourth-order valence-electron chi connectivity index (χ4n) is 3.02. The molecule has 0 unspecified atom stereocenters. The smallest absolute Gasteiger partial charge is 0.262 e. The van der Waals surface area contributed by atoms with E-state index in [9.17, 15) is 4.79 Å². The average Bonchev–Trinajstić information content (AvgIpc) is 3.28. The Morgan fingerprint density at radius 2 is 1.84 bits per heavy atom. The Balaban J connectivity index is 1.47. The Hall–Kier alpha value is -4.13. The zero-order valence-electron chi connectivity index (χ0n) is 17.2. The highest BCUT2D eigenvalue weighted by Crippen LogP contribution is 2.30. The van der Waals surface area contributed by atoms with Crippen LogP contribution in [0.4, 0.5) is 5.69 Å². The topological polar surface area (TPSA) is 86.5 Å². The van der Waals surface area contributed by atoms with Gasteiger partial charge in [-0.25, -0.2) is 0 Å². The second-order valence-corrected chi connectivity index (χ2v) is 6.85. The van der Waals surface area contributed by atoms with Gasteiger partial charge in [0.05, 0.1) is 12.7 Å². The maximum atomic E-state index is 12.3. The minimum atomic E-state index is -0.257. The molecule has 0 radical (unpaired) electrons. The first-order valence-electron chi connectivity index (χ1n) is 9.69. The van der Waals surface area contributed by atoms with E-state index in [2.05, 4.69) is 15.5 Å². The van der Waals surface area contributed by atoms with Crippen LogP contribution in [0.5, 0.6) is 11.5 Å². The van der Waals surface area contributed by atoms with Gasteiger partial charge in [0.2, 0.25) is 5.82 Å². The van der Waals surface area contributed by atoms with E-state index in [4.69, 9.17) is 14.0 Å². The highest BCUT2D eigenvalue weighted by atomic mass is 16.5. The number of anilines is 1. The van der Waals surface area contributed by atoms with Crippen LogP contribution in [-0.4, -0.2) is 29.8 Å². The third kappa shape index (κ3) is 4.90. The van der Waals surface area contributed by atoms with Gasteiger partial charge >= 0.3 is 0 Å². The van der Waals surface area contributed by atoms with Crippen molar-refractivity contribution in [3.8, 4) is 34.3 Å². The third-order valence-electron chi connectivity index (χ3n) is 4.55. The molecular weight excluding hydrogens is 394 g/mol. The Morgan fingerprint density at radius 3 is 2.61 bits per heavy atom. The summed E-state index contributed by atoms with van der Waals surface area (Å²) in [4.78, 5) is 16.8. The first-order chi connectivity index (χ1) is 15.1. The second-order valence-electron chi connectivity index (χ2n) is 6.85. The first kappa shape index (κ1) is 20.2. The number of hydrogen-bond acceptors (Lipinski definition) is 6. The summed E-state index contributed by atoms with van der Waals surface area (Å²) >= 11 is 0. The third-order valence-corrected chi connectivity index (χ3v) is 4.55. The summed E-state index contributed by atoms with van der Waals surface area (Å²) in [6, 6.07) is 22.2. The number of nitrogens with zero attached hydrogens (tertiary/aromatic N) is 2. The molecule has 0 saturated heterocycles. The highest BCUT2D eigenvalue weighted by molar-refractivity contribution is 5.92. The molecule has 0 fully saturated rings. The van der Waals surface area contributed by atoms with E-state index in [0.29, 0.717) is 23.0 Å². The minimum absolute atomic E-state index is 0.145. The molecule has 7 heteroatoms. The molecule has 0 spiro atoms. The molecule has 1 amide bonds. The van der Waals surface area contributed by atoms with Gasteiger partial charge in [-0.05, 0) is 61.0 Å². The lowest BCUT2D eigenvalue weighted by molar-refractivity contribution is -0.118. The predicted molar refractivity (Wildman–Crippen MR) is 117 cm³/mol. The van der Waals surface area contributed by atoms with Crippen molar-refractivity contribution in [1.82, 2.24) is 10.1 Å². The number of ether oxygens (including phenoxy) is 2. The summed E-state index contributed by atoms with van der Waals surface area (Å²) in [7, 11) is 1.61. The van der Waals surface area contributed by atoms with Gasteiger partial charge in [-0.2, -0.15) is 4.98 Å². The second kappa shape index (κ2) is 9.13. The van der Waals surface area contributed by atoms with Crippen molar-refractivity contribution in [2.24, 2.45) is 0 Å². The molecule has 4 rings (SSSR count). The van der Waals surface area contributed by atoms with Crippen molar-refractivity contribution in [2.75, 3.05) is 19.0 Å². The maximum absolute atomic E-state index is 12.3. The number of aromatic nitrogens is 2. The van der Waals surface area contributed by atoms with E-state index in [0.717, 1.165) is 22.6 Å². The summed E-state index contributed by atoms with van der Waals surface area (Å²) in [5, 5.41) is 6.90. The fraction of sp³-hybridized carbons (Fsp3) is 0.125. The molecule has 0 aliphatic carbocycles. The summed E-state index contributed by atoms with van der Waals surface area (Å²) in [6.07, 6.45) is 0. The van der Waals surface area contributed by atoms with Crippen LogP contribution in [0.25, 0.3) is 22.8 Å². The van der Waals surface area contributed by atoms with Crippen LogP contribution >= 0.6 is 0 Å². The highest BCUT2D eigenvalue weighted by Gasteiger charge is 2.15. The largest absolute Gasteiger partial charge is 0.497 e. The van der Waals surface area contributed by atoms with Gasteiger partial charge in [0.1, 0.15) is 11.5 Å². The Morgan fingerprint density at radius 1 is 1.03 bits per heavy atom. The Bertz CT molecular complexity index is 1190. The number of carbonyl (C=O) groups is 1. The van der Waals surface area contributed by atoms with Gasteiger partial charge in [-0.15, -0.1) is 0 Å². The molecule has 7 nitrogen and oxygen atoms in total. The molecule has 4 aromatic rings. The minimum Gasteiger partial charge on any atom is -0.497 e. The lowest BCUT2D eigenvalue weighted by Crippen LogP contribution is -2.20. The molecule has 1 aromatic heterocycles. The van der Waals surface area contributed by atoms with Crippen LogP contribution in [0.2, 0.25) is 0 Å². The molecular formula is C24H21N3O4. The fourth-order valence-corrected chi connectivity index (χ4v) is 3.02. The van der Waals surface area contributed by atoms with Crippen LogP contribution in [0, 0.1) is 6.92 Å². The molecule has 1 N–H and O–H groups in total. The van der Waals surface area contributed by atoms with Gasteiger partial charge < -0.3 is 19.3 Å². The van der Waals surface area contributed by atoms with Crippen molar-refractivity contribution < 1.29 is 18.8 Å². The molecule has 0 saturated carbocycles. The van der Waals surface area contributed by atoms with E-state index in [1.807, 2.05) is 73.7 Å². The molecule has 31 heavy (non-hydrogen) atoms. The van der Waals surface area contributed by atoms with Crippen molar-refractivity contribution in [1.29, 1.82) is 0 Å². The van der Waals surface area contributed by atoms with Crippen LogP contribution in [0.1, 0.15) is 5.56 Å². The first-order valence-corrected chi connectivity index (χ1v) is 9.69. The molecule has 156 valence electrons. The van der Waals surface area contributed by atoms with Crippen molar-refractivity contribution in [3.05, 3.63) is 78.4 Å². The van der Waals surface area contributed by atoms with E-state index < -0.39 is 0 Å². The predicted octanol–water partition coefficient (Wildman–Crippen LogP) is 4.74. The van der Waals surface area contributed by atoms with E-state index in [1.165, 1.54) is 0 Å². The van der Waals surface area contributed by atoms with Crippen molar-refractivity contribution in [2.45, 2.75) is 6.92 Å². The molecule has 1 heterocycles. The number of nitrogens with one attached hydrogen (secondary N) is 1. The molecule has 0 bridgehead atoms. The normalized spacial score (nSPS) is 10.5. The van der Waals surface area contributed by atoms with Crippen LogP contribution < -0.4 is 14.8 Å². The van der Waals surface area contributed by atoms with Crippen LogP contribution in [-0.2, 0) is 4.79 Å². The number of carbonyl (C=O) groups excluding carboxylic acids is 1. The number of rotatable bonds is 7. The molecule has 3 aromatic carbocycles. The summed E-state index contributed by atoms with van der Waals surface area (Å²) in [6.45, 7) is 1.82. The quantitative estimate of drug-likeness (QED) is 0.469. The number of hydrogen-bond donors (Lipinski definition) is 1. The molecule has 0 atom stereocenters. The van der Waals surface area contributed by atoms with Crippen molar-refractivity contribution >= 4 is 11.6 Å². The number of methoxy groups -OCH3 is 1. The van der Waals surface area contributed by atoms with Crippen LogP contribution in [0.15, 0.2) is 77.3 Å². The standard InChI is InChI=1S/C24H21N3O4/c1-16-6-5-7-18(14-16)25-22(28)15-30-21-9-4-3-8-20(21)23-26-24(31-27-23)17-10-12-19(29-2)13-11-17/h3-14H,15H2,1-2H3,(H,25,28). The van der Waals surface area contributed by atoms with E-state index >= 15 is 0 Å². The Kier molecular flexibility index (Phi) is 5.93. The van der Waals surface area contributed by atoms with Gasteiger partial charge in [-0.3, -0.25) is 4.79 Å². The van der Waals surface area contributed by atoms with Gasteiger partial charge in [-0.1, -0.05) is 29.4 Å². The molecule has 0 aliphatic rings. The van der Waals surface area contributed by atoms with E-state index in [1.54, 1.807) is 13.2 Å². The summed E-state index contributed by atoms with van der Waals surface area (Å²) < 4.78 is 16.3. The average molecular weight is 415 g/mol. The lowest BCUT2D eigenvalue weighted by Gasteiger charge is -2.10. The number of amides is 1. The van der Waals surface area contributed by atoms with Gasteiger partial charge in [0, 0.05) is 11.3 Å². The van der Waals surface area contributed by atoms with Gasteiger partial charge in [0.15, 0.2) is 6.61 Å². The zero-order valence-corrected chi connectivity index (χ0v) is 17.2. The maximum Gasteiger partial charge on any atom is 0.262 e. The van der Waals surface area contributed by atoms with Gasteiger partial charge in [0.25, 0.3) is 11.8 Å². The summed E-state index contributed by atoms with van der Waals surface area (Å²) in [5.74, 6) is 1.73. The SMILES string of the molecule is COc1ccc(-c2nc(-c3ccccc3OCC(=O)Nc3cccc(C)c3)no2)cc1. The lowest BCUT2D eigenvalue weighted by atomic mass is 10.2. The summed E-state index contributed by atoms with van der Waals surface area (Å²) in [5.41, 5.74) is 3.20. The molecule has 0 aliphatic heterocycles. The van der Waals surface area contributed by atoms with E-state index in [-0.39, 0.29) is 12.5 Å². The monoisotopic (exact) mass is 415 g/mol. The number of benzene rings is 3.